The van der Waals surface area contributed by atoms with Crippen molar-refractivity contribution in [2.24, 2.45) is 0 Å². The third-order valence-corrected chi connectivity index (χ3v) is 4.07. The Morgan fingerprint density at radius 2 is 2.04 bits per heavy atom. The Balaban J connectivity index is 1.49. The largest absolute Gasteiger partial charge is 0.451 e. The van der Waals surface area contributed by atoms with Crippen LogP contribution in [-0.2, 0) is 4.79 Å². The Hall–Kier alpha value is -3.19. The molecule has 0 fully saturated rings. The highest BCUT2D eigenvalue weighted by molar-refractivity contribution is 7.10. The average Bonchev–Trinajstić information content (AvgIpc) is 3.32. The Kier molecular flexibility index (Phi) is 3.68. The van der Waals surface area contributed by atoms with Gasteiger partial charge in [-0.25, -0.2) is 0 Å². The van der Waals surface area contributed by atoms with Crippen LogP contribution in [0.3, 0.4) is 0 Å². The maximum absolute atomic E-state index is 11.8. The van der Waals surface area contributed by atoms with Crippen molar-refractivity contribution < 1.29 is 13.6 Å². The number of thiophene rings is 1. The Labute approximate surface area is 140 Å². The summed E-state index contributed by atoms with van der Waals surface area (Å²) >= 11 is 1.54. The maximum Gasteiger partial charge on any atom is 0.322 e. The molecule has 1 aromatic carbocycles. The van der Waals surface area contributed by atoms with Crippen LogP contribution in [0.2, 0.25) is 0 Å². The molecular weight excluding hydrogens is 326 g/mol. The number of aromatic nitrogens is 2. The van der Waals surface area contributed by atoms with Gasteiger partial charge in [-0.3, -0.25) is 10.1 Å². The highest BCUT2D eigenvalue weighted by Gasteiger charge is 2.14. The Morgan fingerprint density at radius 1 is 1.12 bits per heavy atom. The summed E-state index contributed by atoms with van der Waals surface area (Å²) in [6.07, 6.45) is 3.13. The fourth-order valence-corrected chi connectivity index (χ4v) is 2.77. The quantitative estimate of drug-likeness (QED) is 0.565. The molecule has 0 unspecified atom stereocenters. The van der Waals surface area contributed by atoms with E-state index in [2.05, 4.69) is 15.5 Å². The first kappa shape index (κ1) is 14.4. The van der Waals surface area contributed by atoms with Crippen LogP contribution >= 0.6 is 11.3 Å². The summed E-state index contributed by atoms with van der Waals surface area (Å²) in [5.41, 5.74) is 0.732. The minimum atomic E-state index is -0.344. The molecule has 3 aromatic heterocycles. The summed E-state index contributed by atoms with van der Waals surface area (Å²) < 4.78 is 11.1. The monoisotopic (exact) mass is 337 g/mol. The lowest BCUT2D eigenvalue weighted by Gasteiger charge is -1.93. The number of benzene rings is 1. The molecule has 0 aliphatic heterocycles. The molecule has 1 amide bonds. The van der Waals surface area contributed by atoms with E-state index in [9.17, 15) is 4.79 Å². The van der Waals surface area contributed by atoms with E-state index in [1.54, 1.807) is 17.4 Å². The van der Waals surface area contributed by atoms with E-state index >= 15 is 0 Å². The minimum Gasteiger partial charge on any atom is -0.451 e. The van der Waals surface area contributed by atoms with E-state index in [1.807, 2.05) is 47.8 Å². The van der Waals surface area contributed by atoms with Crippen LogP contribution in [0.15, 0.2) is 62.8 Å². The molecule has 4 aromatic rings. The van der Waals surface area contributed by atoms with E-state index in [-0.39, 0.29) is 17.8 Å². The first-order valence-electron chi connectivity index (χ1n) is 7.13. The SMILES string of the molecule is O=C(C=Cc1cccs1)Nc1nnc(-c2cc3ccccc3o2)o1. The molecule has 1 N–H and O–H groups in total. The van der Waals surface area contributed by atoms with Crippen LogP contribution < -0.4 is 5.32 Å². The summed E-state index contributed by atoms with van der Waals surface area (Å²) in [5.74, 6) is 0.324. The summed E-state index contributed by atoms with van der Waals surface area (Å²) in [6, 6.07) is 13.2. The minimum absolute atomic E-state index is 0.0197. The van der Waals surface area contributed by atoms with Crippen molar-refractivity contribution in [3.8, 4) is 11.7 Å². The second kappa shape index (κ2) is 6.13. The molecule has 0 saturated heterocycles. The number of amides is 1. The lowest BCUT2D eigenvalue weighted by Crippen LogP contribution is -2.07. The van der Waals surface area contributed by atoms with E-state index in [0.717, 1.165) is 15.8 Å². The topological polar surface area (TPSA) is 81.2 Å². The van der Waals surface area contributed by atoms with Gasteiger partial charge in [-0.2, -0.15) is 0 Å². The number of rotatable bonds is 4. The molecule has 24 heavy (non-hydrogen) atoms. The molecule has 0 aliphatic carbocycles. The number of carbonyl (C=O) groups is 1. The number of carbonyl (C=O) groups excluding carboxylic acids is 1. The van der Waals surface area contributed by atoms with Crippen molar-refractivity contribution >= 4 is 40.3 Å². The van der Waals surface area contributed by atoms with Gasteiger partial charge in [0, 0.05) is 16.3 Å². The lowest BCUT2D eigenvalue weighted by molar-refractivity contribution is -0.112. The second-order valence-corrected chi connectivity index (χ2v) is 5.88. The molecule has 118 valence electrons. The van der Waals surface area contributed by atoms with Crippen molar-refractivity contribution in [2.45, 2.75) is 0 Å². The molecular formula is C17H11N3O3S. The van der Waals surface area contributed by atoms with Crippen molar-refractivity contribution in [1.82, 2.24) is 10.2 Å². The summed E-state index contributed by atoms with van der Waals surface area (Å²) in [4.78, 5) is 12.8. The fraction of sp³-hybridized carbons (Fsp3) is 0. The number of fused-ring (bicyclic) bond motifs is 1. The molecule has 0 aliphatic rings. The van der Waals surface area contributed by atoms with Crippen LogP contribution in [0.1, 0.15) is 4.88 Å². The average molecular weight is 337 g/mol. The maximum atomic E-state index is 11.8. The zero-order valence-electron chi connectivity index (χ0n) is 12.3. The molecule has 0 atom stereocenters. The van der Waals surface area contributed by atoms with Gasteiger partial charge >= 0.3 is 6.01 Å². The normalized spacial score (nSPS) is 11.3. The van der Waals surface area contributed by atoms with Gasteiger partial charge in [0.1, 0.15) is 5.58 Å². The molecule has 0 radical (unpaired) electrons. The van der Waals surface area contributed by atoms with Gasteiger partial charge in [-0.15, -0.1) is 16.4 Å². The van der Waals surface area contributed by atoms with Gasteiger partial charge < -0.3 is 8.83 Å². The second-order valence-electron chi connectivity index (χ2n) is 4.90. The number of furan rings is 1. The molecule has 4 rings (SSSR count). The fourth-order valence-electron chi connectivity index (χ4n) is 2.15. The summed E-state index contributed by atoms with van der Waals surface area (Å²) in [5, 5.41) is 13.1. The third-order valence-electron chi connectivity index (χ3n) is 3.23. The Bertz CT molecular complexity index is 982. The summed E-state index contributed by atoms with van der Waals surface area (Å²) in [7, 11) is 0. The number of hydrogen-bond donors (Lipinski definition) is 1. The van der Waals surface area contributed by atoms with E-state index < -0.39 is 0 Å². The molecule has 6 nitrogen and oxygen atoms in total. The molecule has 3 heterocycles. The van der Waals surface area contributed by atoms with Crippen molar-refractivity contribution in [3.05, 3.63) is 58.8 Å². The van der Waals surface area contributed by atoms with Gasteiger partial charge in [0.05, 0.1) is 0 Å². The first-order chi connectivity index (χ1) is 11.8. The van der Waals surface area contributed by atoms with Gasteiger partial charge in [-0.1, -0.05) is 29.4 Å². The standard InChI is InChI=1S/C17H11N3O3S/c21-15(8-7-12-5-3-9-24-12)18-17-20-19-16(23-17)14-10-11-4-1-2-6-13(11)22-14/h1-10H,(H,18,20,21). The predicted molar refractivity (Wildman–Crippen MR) is 91.5 cm³/mol. The van der Waals surface area contributed by atoms with Crippen LogP contribution in [-0.4, -0.2) is 16.1 Å². The number of nitrogens with one attached hydrogen (secondary N) is 1. The number of para-hydroxylation sites is 1. The van der Waals surface area contributed by atoms with Gasteiger partial charge in [0.15, 0.2) is 5.76 Å². The smallest absolute Gasteiger partial charge is 0.322 e. The Morgan fingerprint density at radius 3 is 2.88 bits per heavy atom. The predicted octanol–water partition coefficient (Wildman–Crippen LogP) is 4.20. The molecule has 0 spiro atoms. The van der Waals surface area contributed by atoms with Gasteiger partial charge in [0.2, 0.25) is 0 Å². The summed E-state index contributed by atoms with van der Waals surface area (Å²) in [6.45, 7) is 0. The van der Waals surface area contributed by atoms with E-state index in [0.29, 0.717) is 5.76 Å². The van der Waals surface area contributed by atoms with Crippen molar-refractivity contribution in [3.63, 3.8) is 0 Å². The number of anilines is 1. The third kappa shape index (κ3) is 2.97. The van der Waals surface area contributed by atoms with Crippen LogP contribution in [0.25, 0.3) is 28.7 Å². The van der Waals surface area contributed by atoms with Gasteiger partial charge in [-0.05, 0) is 29.7 Å². The molecule has 7 heteroatoms. The highest BCUT2D eigenvalue weighted by atomic mass is 32.1. The van der Waals surface area contributed by atoms with Crippen molar-refractivity contribution in [1.29, 1.82) is 0 Å². The van der Waals surface area contributed by atoms with E-state index in [1.165, 1.54) is 6.08 Å². The number of nitrogens with zero attached hydrogens (tertiary/aromatic N) is 2. The lowest BCUT2D eigenvalue weighted by atomic mass is 10.2. The first-order valence-corrected chi connectivity index (χ1v) is 8.01. The van der Waals surface area contributed by atoms with Crippen molar-refractivity contribution in [2.75, 3.05) is 5.32 Å². The highest BCUT2D eigenvalue weighted by Crippen LogP contribution is 2.27. The zero-order chi connectivity index (χ0) is 16.4. The molecule has 0 saturated carbocycles. The van der Waals surface area contributed by atoms with Crippen LogP contribution in [0.5, 0.6) is 0 Å². The van der Waals surface area contributed by atoms with Crippen LogP contribution in [0, 0.1) is 0 Å². The number of hydrogen-bond acceptors (Lipinski definition) is 6. The van der Waals surface area contributed by atoms with E-state index in [4.69, 9.17) is 8.83 Å². The molecule has 0 bridgehead atoms. The zero-order valence-corrected chi connectivity index (χ0v) is 13.1. The van der Waals surface area contributed by atoms with Gasteiger partial charge in [0.25, 0.3) is 11.8 Å². The van der Waals surface area contributed by atoms with Crippen LogP contribution in [0.4, 0.5) is 6.01 Å².